The molecule has 1 aromatic heterocycles. The lowest BCUT2D eigenvalue weighted by molar-refractivity contribution is -0.141. The molecule has 1 heterocycles. The van der Waals surface area contributed by atoms with E-state index >= 15 is 0 Å². The van der Waals surface area contributed by atoms with Crippen LogP contribution in [-0.4, -0.2) is 24.9 Å². The fraction of sp³-hybridized carbons (Fsp3) is 0.643. The number of methoxy groups -OCH3 is 1. The summed E-state index contributed by atoms with van der Waals surface area (Å²) in [7, 11) is 1.46. The number of hydrogen-bond donors (Lipinski definition) is 1. The molecule has 0 radical (unpaired) electrons. The molecule has 0 spiro atoms. The zero-order chi connectivity index (χ0) is 13.9. The van der Waals surface area contributed by atoms with Crippen molar-refractivity contribution in [3.05, 3.63) is 22.4 Å². The van der Waals surface area contributed by atoms with Crippen molar-refractivity contribution in [2.75, 3.05) is 12.9 Å². The van der Waals surface area contributed by atoms with E-state index in [1.165, 1.54) is 12.0 Å². The molecule has 2 unspecified atom stereocenters. The standard InChI is InChI=1S/C14H21NO2S2/c1-10(15)13(11-4-3-7-18-11)19-9-14(5-6-14)8-12(16)17-2/h3-4,7,10,13H,5-6,8-9,15H2,1-2H3. The van der Waals surface area contributed by atoms with E-state index in [4.69, 9.17) is 10.5 Å². The second-order valence-corrected chi connectivity index (χ2v) is 7.47. The zero-order valence-electron chi connectivity index (χ0n) is 11.4. The molecule has 1 aliphatic carbocycles. The van der Waals surface area contributed by atoms with Gasteiger partial charge in [0.15, 0.2) is 0 Å². The van der Waals surface area contributed by atoms with E-state index in [-0.39, 0.29) is 17.4 Å². The first-order valence-corrected chi connectivity index (χ1v) is 8.46. The van der Waals surface area contributed by atoms with Gasteiger partial charge in [-0.25, -0.2) is 0 Å². The average molecular weight is 299 g/mol. The Hall–Kier alpha value is -0.520. The third-order valence-corrected chi connectivity index (χ3v) is 6.50. The van der Waals surface area contributed by atoms with Crippen LogP contribution in [0.15, 0.2) is 17.5 Å². The largest absolute Gasteiger partial charge is 0.469 e. The number of hydrogen-bond acceptors (Lipinski definition) is 5. The van der Waals surface area contributed by atoms with Gasteiger partial charge in [0, 0.05) is 16.7 Å². The molecule has 0 aromatic carbocycles. The van der Waals surface area contributed by atoms with Crippen molar-refractivity contribution in [2.45, 2.75) is 37.5 Å². The minimum Gasteiger partial charge on any atom is -0.469 e. The third kappa shape index (κ3) is 3.97. The first kappa shape index (κ1) is 14.9. The Labute approximate surface area is 122 Å². The average Bonchev–Trinajstić information content (AvgIpc) is 2.91. The maximum absolute atomic E-state index is 11.4. The van der Waals surface area contributed by atoms with Crippen LogP contribution in [0.4, 0.5) is 0 Å². The van der Waals surface area contributed by atoms with Gasteiger partial charge in [0.1, 0.15) is 0 Å². The molecule has 1 fully saturated rings. The van der Waals surface area contributed by atoms with Crippen LogP contribution in [0.5, 0.6) is 0 Å². The summed E-state index contributed by atoms with van der Waals surface area (Å²) in [5.74, 6) is 0.901. The van der Waals surface area contributed by atoms with E-state index in [0.29, 0.717) is 11.7 Å². The summed E-state index contributed by atoms with van der Waals surface area (Å²) in [6.45, 7) is 2.05. The van der Waals surface area contributed by atoms with Crippen molar-refractivity contribution in [3.63, 3.8) is 0 Å². The van der Waals surface area contributed by atoms with Gasteiger partial charge < -0.3 is 10.5 Å². The maximum Gasteiger partial charge on any atom is 0.306 e. The topological polar surface area (TPSA) is 52.3 Å². The molecule has 0 bridgehead atoms. The number of thioether (sulfide) groups is 1. The van der Waals surface area contributed by atoms with Crippen LogP contribution >= 0.6 is 23.1 Å². The maximum atomic E-state index is 11.4. The van der Waals surface area contributed by atoms with Crippen LogP contribution in [0.25, 0.3) is 0 Å². The molecule has 0 saturated heterocycles. The predicted molar refractivity (Wildman–Crippen MR) is 81.5 cm³/mol. The number of esters is 1. The van der Waals surface area contributed by atoms with Crippen LogP contribution in [0.2, 0.25) is 0 Å². The molecule has 3 nitrogen and oxygen atoms in total. The minimum absolute atomic E-state index is 0.0911. The number of carbonyl (C=O) groups excluding carboxylic acids is 1. The van der Waals surface area contributed by atoms with Gasteiger partial charge in [0.05, 0.1) is 18.8 Å². The Morgan fingerprint density at radius 3 is 2.84 bits per heavy atom. The molecule has 0 amide bonds. The normalized spacial score (nSPS) is 19.7. The van der Waals surface area contributed by atoms with Crippen LogP contribution in [-0.2, 0) is 9.53 Å². The molecule has 1 aromatic rings. The zero-order valence-corrected chi connectivity index (χ0v) is 13.1. The van der Waals surface area contributed by atoms with Crippen LogP contribution < -0.4 is 5.73 Å². The molecule has 2 N–H and O–H groups in total. The summed E-state index contributed by atoms with van der Waals surface area (Å²) in [4.78, 5) is 12.7. The van der Waals surface area contributed by atoms with E-state index in [0.717, 1.165) is 18.6 Å². The van der Waals surface area contributed by atoms with Crippen LogP contribution in [0, 0.1) is 5.41 Å². The van der Waals surface area contributed by atoms with E-state index in [2.05, 4.69) is 24.4 Å². The summed E-state index contributed by atoms with van der Waals surface area (Å²) in [5.41, 5.74) is 6.27. The molecule has 1 saturated carbocycles. The van der Waals surface area contributed by atoms with Crippen LogP contribution in [0.3, 0.4) is 0 Å². The summed E-state index contributed by atoms with van der Waals surface area (Å²) in [5, 5.41) is 2.42. The van der Waals surface area contributed by atoms with Gasteiger partial charge >= 0.3 is 5.97 Å². The number of ether oxygens (including phenoxy) is 1. The number of carbonyl (C=O) groups is 1. The van der Waals surface area contributed by atoms with Crippen molar-refractivity contribution in [1.82, 2.24) is 0 Å². The third-order valence-electron chi connectivity index (χ3n) is 3.57. The number of rotatable bonds is 7. The number of thiophene rings is 1. The Kier molecular flexibility index (Phi) is 4.92. The van der Waals surface area contributed by atoms with Crippen LogP contribution in [0.1, 0.15) is 36.3 Å². The predicted octanol–water partition coefficient (Wildman–Crippen LogP) is 3.21. The summed E-state index contributed by atoms with van der Waals surface area (Å²) in [6.07, 6.45) is 2.81. The molecule has 2 rings (SSSR count). The molecular formula is C14H21NO2S2. The fourth-order valence-corrected chi connectivity index (χ4v) is 4.80. The van der Waals surface area contributed by atoms with E-state index in [9.17, 15) is 4.79 Å². The highest BCUT2D eigenvalue weighted by Gasteiger charge is 2.45. The highest BCUT2D eigenvalue weighted by Crippen LogP contribution is 2.53. The van der Waals surface area contributed by atoms with E-state index in [1.54, 1.807) is 11.3 Å². The van der Waals surface area contributed by atoms with Gasteiger partial charge in [-0.1, -0.05) is 6.07 Å². The van der Waals surface area contributed by atoms with E-state index in [1.807, 2.05) is 11.8 Å². The molecular weight excluding hydrogens is 278 g/mol. The second-order valence-electron chi connectivity index (χ2n) is 5.36. The lowest BCUT2D eigenvalue weighted by Crippen LogP contribution is -2.23. The van der Waals surface area contributed by atoms with Gasteiger partial charge in [-0.3, -0.25) is 4.79 Å². The molecule has 106 valence electrons. The molecule has 1 aliphatic rings. The molecule has 0 aliphatic heterocycles. The van der Waals surface area contributed by atoms with Crippen molar-refractivity contribution < 1.29 is 9.53 Å². The Morgan fingerprint density at radius 2 is 2.37 bits per heavy atom. The van der Waals surface area contributed by atoms with Crippen molar-refractivity contribution in [1.29, 1.82) is 0 Å². The summed E-state index contributed by atoms with van der Waals surface area (Å²) < 4.78 is 4.78. The molecule has 5 heteroatoms. The minimum atomic E-state index is -0.0911. The van der Waals surface area contributed by atoms with Gasteiger partial charge in [0.2, 0.25) is 0 Å². The Morgan fingerprint density at radius 1 is 1.63 bits per heavy atom. The van der Waals surface area contributed by atoms with E-state index < -0.39 is 0 Å². The first-order valence-electron chi connectivity index (χ1n) is 6.54. The van der Waals surface area contributed by atoms with Crippen molar-refractivity contribution in [3.8, 4) is 0 Å². The van der Waals surface area contributed by atoms with Gasteiger partial charge in [-0.15, -0.1) is 11.3 Å². The number of nitrogens with two attached hydrogens (primary N) is 1. The van der Waals surface area contributed by atoms with Crippen molar-refractivity contribution in [2.24, 2.45) is 11.1 Å². The monoisotopic (exact) mass is 299 g/mol. The van der Waals surface area contributed by atoms with Gasteiger partial charge in [0.25, 0.3) is 0 Å². The summed E-state index contributed by atoms with van der Waals surface area (Å²) >= 11 is 3.64. The van der Waals surface area contributed by atoms with Gasteiger partial charge in [-0.05, 0) is 36.6 Å². The highest BCUT2D eigenvalue weighted by atomic mass is 32.2. The lowest BCUT2D eigenvalue weighted by atomic mass is 10.1. The molecule has 2 atom stereocenters. The lowest BCUT2D eigenvalue weighted by Gasteiger charge is -2.22. The molecule has 19 heavy (non-hydrogen) atoms. The smallest absolute Gasteiger partial charge is 0.306 e. The fourth-order valence-electron chi connectivity index (χ4n) is 2.14. The SMILES string of the molecule is COC(=O)CC1(CSC(c2cccs2)C(C)N)CC1. The second kappa shape index (κ2) is 6.29. The quantitative estimate of drug-likeness (QED) is 0.786. The first-order chi connectivity index (χ1) is 9.06. The van der Waals surface area contributed by atoms with Gasteiger partial charge in [-0.2, -0.15) is 11.8 Å². The Balaban J connectivity index is 1.91. The highest BCUT2D eigenvalue weighted by molar-refractivity contribution is 7.99. The Bertz CT molecular complexity index is 413. The summed E-state index contributed by atoms with van der Waals surface area (Å²) in [6, 6.07) is 4.33. The van der Waals surface area contributed by atoms with Crippen molar-refractivity contribution >= 4 is 29.1 Å².